The van der Waals surface area contributed by atoms with Gasteiger partial charge in [0.2, 0.25) is 0 Å². The number of halogens is 1. The quantitative estimate of drug-likeness (QED) is 0.520. The molecule has 0 aliphatic heterocycles. The number of fused-ring (bicyclic) bond motifs is 1. The maximum absolute atomic E-state index is 13.5. The maximum Gasteiger partial charge on any atom is 0.251 e. The van der Waals surface area contributed by atoms with Crippen LogP contribution in [0.3, 0.4) is 0 Å². The fraction of sp³-hybridized carbons (Fsp3) is 0.125. The van der Waals surface area contributed by atoms with Crippen LogP contribution >= 0.6 is 0 Å². The van der Waals surface area contributed by atoms with E-state index in [9.17, 15) is 9.18 Å². The fourth-order valence-corrected chi connectivity index (χ4v) is 3.52. The van der Waals surface area contributed by atoms with Crippen molar-refractivity contribution in [1.82, 2.24) is 9.88 Å². The van der Waals surface area contributed by atoms with Crippen molar-refractivity contribution >= 4 is 16.8 Å². The van der Waals surface area contributed by atoms with Crippen molar-refractivity contribution in [3.8, 4) is 11.1 Å². The molecule has 5 heteroatoms. The Kier molecular flexibility index (Phi) is 5.40. The van der Waals surface area contributed by atoms with Crippen LogP contribution in [0.4, 0.5) is 4.39 Å². The molecule has 0 atom stereocenters. The van der Waals surface area contributed by atoms with Crippen molar-refractivity contribution in [2.75, 3.05) is 13.2 Å². The second-order valence-corrected chi connectivity index (χ2v) is 6.87. The minimum atomic E-state index is -0.248. The van der Waals surface area contributed by atoms with Crippen molar-refractivity contribution in [2.45, 2.75) is 6.54 Å². The van der Waals surface area contributed by atoms with Gasteiger partial charge in [-0.3, -0.25) is 4.79 Å². The third-order valence-corrected chi connectivity index (χ3v) is 4.90. The van der Waals surface area contributed by atoms with E-state index in [1.165, 1.54) is 12.1 Å². The number of hydrogen-bond donors (Lipinski definition) is 2. The molecule has 0 unspecified atom stereocenters. The number of carbonyl (C=O) groups is 1. The number of rotatable bonds is 6. The molecule has 1 aromatic heterocycles. The highest BCUT2D eigenvalue weighted by atomic mass is 19.1. The molecule has 4 rings (SSSR count). The Balaban J connectivity index is 1.72. The Labute approximate surface area is 168 Å². The lowest BCUT2D eigenvalue weighted by Gasteiger charge is -2.11. The molecule has 29 heavy (non-hydrogen) atoms. The number of aliphatic hydroxyl groups excluding tert-OH is 1. The number of aliphatic hydroxyl groups is 1. The third kappa shape index (κ3) is 4.05. The van der Waals surface area contributed by atoms with E-state index in [0.29, 0.717) is 12.1 Å². The standard InChI is InChI=1S/C24H21FN2O2/c25-20-5-3-4-17(14-20)16-27-12-10-18-8-9-19(15-23(18)27)21-6-1-2-7-22(21)24(29)26-11-13-28/h1-10,12,14-15,28H,11,13,16H2,(H,26,29). The molecule has 4 nitrogen and oxygen atoms in total. The summed E-state index contributed by atoms with van der Waals surface area (Å²) in [7, 11) is 0. The van der Waals surface area contributed by atoms with Crippen molar-refractivity contribution in [3.05, 3.63) is 95.9 Å². The van der Waals surface area contributed by atoms with E-state index in [4.69, 9.17) is 5.11 Å². The number of carbonyl (C=O) groups excluding carboxylic acids is 1. The average molecular weight is 388 g/mol. The second kappa shape index (κ2) is 8.29. The molecular formula is C24H21FN2O2. The summed E-state index contributed by atoms with van der Waals surface area (Å²) in [4.78, 5) is 12.5. The van der Waals surface area contributed by atoms with Gasteiger partial charge in [-0.25, -0.2) is 4.39 Å². The monoisotopic (exact) mass is 388 g/mol. The summed E-state index contributed by atoms with van der Waals surface area (Å²) in [5.74, 6) is -0.465. The molecule has 0 aliphatic rings. The van der Waals surface area contributed by atoms with Crippen LogP contribution in [0.1, 0.15) is 15.9 Å². The summed E-state index contributed by atoms with van der Waals surface area (Å²) in [6.07, 6.45) is 1.99. The Morgan fingerprint density at radius 1 is 1.00 bits per heavy atom. The van der Waals surface area contributed by atoms with E-state index in [0.717, 1.165) is 27.6 Å². The number of nitrogens with one attached hydrogen (secondary N) is 1. The molecule has 0 radical (unpaired) electrons. The zero-order valence-corrected chi connectivity index (χ0v) is 15.8. The lowest BCUT2D eigenvalue weighted by Crippen LogP contribution is -2.26. The minimum absolute atomic E-state index is 0.104. The van der Waals surface area contributed by atoms with Gasteiger partial charge in [0.05, 0.1) is 6.61 Å². The Bertz CT molecular complexity index is 1170. The average Bonchev–Trinajstić information content (AvgIpc) is 3.14. The van der Waals surface area contributed by atoms with Crippen LogP contribution in [0.5, 0.6) is 0 Å². The Morgan fingerprint density at radius 3 is 2.69 bits per heavy atom. The highest BCUT2D eigenvalue weighted by molar-refractivity contribution is 6.01. The van der Waals surface area contributed by atoms with Crippen molar-refractivity contribution in [1.29, 1.82) is 0 Å². The zero-order chi connectivity index (χ0) is 20.2. The van der Waals surface area contributed by atoms with Crippen LogP contribution in [0.2, 0.25) is 0 Å². The van der Waals surface area contributed by atoms with E-state index in [1.807, 2.05) is 54.7 Å². The van der Waals surface area contributed by atoms with E-state index in [-0.39, 0.29) is 24.9 Å². The van der Waals surface area contributed by atoms with Crippen molar-refractivity contribution in [3.63, 3.8) is 0 Å². The summed E-state index contributed by atoms with van der Waals surface area (Å²) in [5, 5.41) is 12.8. The summed E-state index contributed by atoms with van der Waals surface area (Å²) in [6.45, 7) is 0.666. The maximum atomic E-state index is 13.5. The molecular weight excluding hydrogens is 367 g/mol. The zero-order valence-electron chi connectivity index (χ0n) is 15.8. The second-order valence-electron chi connectivity index (χ2n) is 6.87. The number of hydrogen-bond acceptors (Lipinski definition) is 2. The highest BCUT2D eigenvalue weighted by Gasteiger charge is 2.13. The predicted molar refractivity (Wildman–Crippen MR) is 112 cm³/mol. The summed E-state index contributed by atoms with van der Waals surface area (Å²) in [5.41, 5.74) is 4.20. The lowest BCUT2D eigenvalue weighted by atomic mass is 9.98. The van der Waals surface area contributed by atoms with Crippen LogP contribution in [0.15, 0.2) is 79.0 Å². The number of nitrogens with zero attached hydrogens (tertiary/aromatic N) is 1. The molecule has 0 aliphatic carbocycles. The van der Waals surface area contributed by atoms with E-state index >= 15 is 0 Å². The molecule has 2 N–H and O–H groups in total. The summed E-state index contributed by atoms with van der Waals surface area (Å²) >= 11 is 0. The topological polar surface area (TPSA) is 54.3 Å². The van der Waals surface area contributed by atoms with Gasteiger partial charge in [-0.2, -0.15) is 0 Å². The molecule has 1 heterocycles. The lowest BCUT2D eigenvalue weighted by molar-refractivity contribution is 0.0945. The first kappa shape index (κ1) is 18.9. The smallest absolute Gasteiger partial charge is 0.251 e. The molecule has 3 aromatic carbocycles. The Morgan fingerprint density at radius 2 is 1.86 bits per heavy atom. The largest absolute Gasteiger partial charge is 0.395 e. The highest BCUT2D eigenvalue weighted by Crippen LogP contribution is 2.28. The minimum Gasteiger partial charge on any atom is -0.395 e. The molecule has 1 amide bonds. The predicted octanol–water partition coefficient (Wildman–Crippen LogP) is 4.22. The molecule has 0 fully saturated rings. The van der Waals surface area contributed by atoms with Gasteiger partial charge < -0.3 is 15.0 Å². The van der Waals surface area contributed by atoms with Crippen LogP contribution in [-0.4, -0.2) is 28.7 Å². The van der Waals surface area contributed by atoms with E-state index in [2.05, 4.69) is 9.88 Å². The van der Waals surface area contributed by atoms with Crippen LogP contribution in [0, 0.1) is 5.82 Å². The molecule has 0 spiro atoms. The van der Waals surface area contributed by atoms with Gasteiger partial charge in [0.1, 0.15) is 5.82 Å². The van der Waals surface area contributed by atoms with Crippen molar-refractivity contribution in [2.24, 2.45) is 0 Å². The van der Waals surface area contributed by atoms with Crippen LogP contribution < -0.4 is 5.32 Å². The molecule has 0 bridgehead atoms. The first-order valence-corrected chi connectivity index (χ1v) is 9.47. The van der Waals surface area contributed by atoms with Crippen LogP contribution in [0.25, 0.3) is 22.0 Å². The number of amides is 1. The third-order valence-electron chi connectivity index (χ3n) is 4.90. The van der Waals surface area contributed by atoms with Gasteiger partial charge in [0.15, 0.2) is 0 Å². The normalized spacial score (nSPS) is 11.0. The first-order valence-electron chi connectivity index (χ1n) is 9.47. The van der Waals surface area contributed by atoms with Gasteiger partial charge >= 0.3 is 0 Å². The van der Waals surface area contributed by atoms with Gasteiger partial charge in [0.25, 0.3) is 5.91 Å². The number of benzene rings is 3. The van der Waals surface area contributed by atoms with Crippen LogP contribution in [-0.2, 0) is 6.54 Å². The van der Waals surface area contributed by atoms with Gasteiger partial charge in [-0.15, -0.1) is 0 Å². The van der Waals surface area contributed by atoms with E-state index in [1.54, 1.807) is 12.1 Å². The Hall–Kier alpha value is -3.44. The summed E-state index contributed by atoms with van der Waals surface area (Å²) in [6, 6.07) is 22.1. The van der Waals surface area contributed by atoms with E-state index < -0.39 is 0 Å². The molecule has 146 valence electrons. The molecule has 0 saturated heterocycles. The number of aromatic nitrogens is 1. The first-order chi connectivity index (χ1) is 14.2. The van der Waals surface area contributed by atoms with Gasteiger partial charge in [0, 0.05) is 30.4 Å². The summed E-state index contributed by atoms with van der Waals surface area (Å²) < 4.78 is 15.6. The molecule has 0 saturated carbocycles. The van der Waals surface area contributed by atoms with Gasteiger partial charge in [-0.1, -0.05) is 42.5 Å². The van der Waals surface area contributed by atoms with Gasteiger partial charge in [-0.05, 0) is 52.4 Å². The fourth-order valence-electron chi connectivity index (χ4n) is 3.52. The van der Waals surface area contributed by atoms with Crippen molar-refractivity contribution < 1.29 is 14.3 Å². The molecule has 4 aromatic rings. The SMILES string of the molecule is O=C(NCCO)c1ccccc1-c1ccc2ccn(Cc3cccc(F)c3)c2c1.